The van der Waals surface area contributed by atoms with Crippen molar-refractivity contribution in [2.75, 3.05) is 42.5 Å². The number of nitrogens with zero attached hydrogens (tertiary/aromatic N) is 7. The topological polar surface area (TPSA) is 85.8 Å². The first-order valence-electron chi connectivity index (χ1n) is 12.8. The van der Waals surface area contributed by atoms with E-state index >= 15 is 0 Å². The van der Waals surface area contributed by atoms with Gasteiger partial charge in [0.15, 0.2) is 0 Å². The standard InChI is InChI=1S/C27H31F2N7O2/c1-17(2)36-15-22-24(26(36)38)31-27(34-10-8-33(9-11-34)18(3)37)32-25(22)35(16-23(28)29)14-21-12-19-6-4-5-7-20(19)13-30-21/h4-7,12-13,17,23H,8-11,14-16H2,1-3H3. The second-order valence-corrected chi connectivity index (χ2v) is 9.99. The summed E-state index contributed by atoms with van der Waals surface area (Å²) in [6.07, 6.45) is -0.888. The molecule has 1 fully saturated rings. The fourth-order valence-corrected chi connectivity index (χ4v) is 5.01. The molecule has 1 aromatic carbocycles. The van der Waals surface area contributed by atoms with Crippen molar-refractivity contribution in [3.63, 3.8) is 0 Å². The Hall–Kier alpha value is -3.89. The number of aromatic nitrogens is 3. The Morgan fingerprint density at radius 1 is 1.08 bits per heavy atom. The minimum absolute atomic E-state index is 0.00560. The van der Waals surface area contributed by atoms with E-state index in [9.17, 15) is 18.4 Å². The van der Waals surface area contributed by atoms with E-state index in [1.54, 1.807) is 16.0 Å². The van der Waals surface area contributed by atoms with Crippen LogP contribution in [0.5, 0.6) is 0 Å². The maximum atomic E-state index is 13.9. The molecule has 38 heavy (non-hydrogen) atoms. The maximum Gasteiger partial charge on any atom is 0.273 e. The van der Waals surface area contributed by atoms with E-state index in [-0.39, 0.29) is 36.6 Å². The summed E-state index contributed by atoms with van der Waals surface area (Å²) in [4.78, 5) is 45.8. The molecule has 0 unspecified atom stereocenters. The molecule has 11 heteroatoms. The van der Waals surface area contributed by atoms with Gasteiger partial charge in [-0.05, 0) is 25.3 Å². The molecule has 0 spiro atoms. The SMILES string of the molecule is CC(=O)N1CCN(c2nc3c(c(N(Cc4cc5ccccc5cn4)CC(F)F)n2)CN(C(C)C)C3=O)CC1. The van der Waals surface area contributed by atoms with Gasteiger partial charge in [-0.1, -0.05) is 24.3 Å². The van der Waals surface area contributed by atoms with Crippen LogP contribution in [0, 0.1) is 0 Å². The van der Waals surface area contributed by atoms with Crippen LogP contribution >= 0.6 is 0 Å². The van der Waals surface area contributed by atoms with E-state index in [1.807, 2.05) is 49.1 Å². The number of benzene rings is 1. The molecule has 2 aromatic heterocycles. The van der Waals surface area contributed by atoms with Crippen LogP contribution in [0.2, 0.25) is 0 Å². The zero-order valence-electron chi connectivity index (χ0n) is 21.8. The van der Waals surface area contributed by atoms with Crippen LogP contribution in [0.4, 0.5) is 20.5 Å². The minimum atomic E-state index is -2.62. The Morgan fingerprint density at radius 2 is 1.79 bits per heavy atom. The number of fused-ring (bicyclic) bond motifs is 2. The highest BCUT2D eigenvalue weighted by molar-refractivity contribution is 5.98. The summed E-state index contributed by atoms with van der Waals surface area (Å²) in [6.45, 7) is 7.12. The van der Waals surface area contributed by atoms with E-state index in [2.05, 4.69) is 9.97 Å². The lowest BCUT2D eigenvalue weighted by molar-refractivity contribution is -0.129. The van der Waals surface area contributed by atoms with Crippen LogP contribution in [0.15, 0.2) is 36.5 Å². The van der Waals surface area contributed by atoms with Gasteiger partial charge in [0.25, 0.3) is 12.3 Å². The first-order valence-corrected chi connectivity index (χ1v) is 12.8. The number of carbonyl (C=O) groups excluding carboxylic acids is 2. The van der Waals surface area contributed by atoms with Crippen molar-refractivity contribution in [3.05, 3.63) is 53.5 Å². The minimum Gasteiger partial charge on any atom is -0.345 e. The average Bonchev–Trinajstić information content (AvgIpc) is 3.24. The molecule has 5 rings (SSSR count). The second-order valence-electron chi connectivity index (χ2n) is 9.99. The van der Waals surface area contributed by atoms with Crippen LogP contribution in [-0.2, 0) is 17.9 Å². The van der Waals surface area contributed by atoms with E-state index in [0.717, 1.165) is 10.8 Å². The summed E-state index contributed by atoms with van der Waals surface area (Å²) in [5.41, 5.74) is 1.42. The molecule has 0 N–H and O–H groups in total. The fraction of sp³-hybridized carbons (Fsp3) is 0.444. The molecule has 0 aliphatic carbocycles. The highest BCUT2D eigenvalue weighted by Gasteiger charge is 2.37. The number of piperazine rings is 1. The average molecular weight is 524 g/mol. The summed E-state index contributed by atoms with van der Waals surface area (Å²) in [7, 11) is 0. The molecular weight excluding hydrogens is 492 g/mol. The quantitative estimate of drug-likeness (QED) is 0.470. The second kappa shape index (κ2) is 10.5. The van der Waals surface area contributed by atoms with Crippen molar-refractivity contribution in [2.24, 2.45) is 0 Å². The van der Waals surface area contributed by atoms with Crippen LogP contribution < -0.4 is 9.80 Å². The third kappa shape index (κ3) is 5.09. The first kappa shape index (κ1) is 25.7. The molecule has 1 saturated heterocycles. The zero-order valence-corrected chi connectivity index (χ0v) is 21.8. The number of halogens is 2. The van der Waals surface area contributed by atoms with Gasteiger partial charge in [0.05, 0.1) is 25.3 Å². The number of carbonyl (C=O) groups is 2. The number of rotatable bonds is 7. The van der Waals surface area contributed by atoms with E-state index in [0.29, 0.717) is 49.2 Å². The van der Waals surface area contributed by atoms with Crippen LogP contribution in [0.3, 0.4) is 0 Å². The molecule has 4 heterocycles. The highest BCUT2D eigenvalue weighted by atomic mass is 19.3. The smallest absolute Gasteiger partial charge is 0.273 e. The van der Waals surface area contributed by atoms with E-state index in [4.69, 9.17) is 4.98 Å². The molecule has 0 radical (unpaired) electrons. The van der Waals surface area contributed by atoms with Crippen molar-refractivity contribution >= 4 is 34.4 Å². The molecule has 3 aromatic rings. The van der Waals surface area contributed by atoms with Crippen LogP contribution in [0.1, 0.15) is 42.5 Å². The lowest BCUT2D eigenvalue weighted by atomic mass is 10.1. The molecular formula is C27H31F2N7O2. The lowest BCUT2D eigenvalue weighted by Crippen LogP contribution is -2.48. The Labute approximate surface area is 220 Å². The molecule has 9 nitrogen and oxygen atoms in total. The van der Waals surface area contributed by atoms with E-state index < -0.39 is 13.0 Å². The van der Waals surface area contributed by atoms with Crippen molar-refractivity contribution < 1.29 is 18.4 Å². The fourth-order valence-electron chi connectivity index (χ4n) is 5.01. The van der Waals surface area contributed by atoms with Gasteiger partial charge in [0.2, 0.25) is 11.9 Å². The predicted octanol–water partition coefficient (Wildman–Crippen LogP) is 3.33. The van der Waals surface area contributed by atoms with Crippen LogP contribution in [-0.4, -0.2) is 81.8 Å². The normalized spacial score (nSPS) is 15.7. The van der Waals surface area contributed by atoms with Gasteiger partial charge < -0.3 is 19.6 Å². The zero-order chi connectivity index (χ0) is 27.0. The Bertz CT molecular complexity index is 1360. The van der Waals surface area contributed by atoms with Gasteiger partial charge >= 0.3 is 0 Å². The molecule has 2 aliphatic heterocycles. The van der Waals surface area contributed by atoms with Crippen molar-refractivity contribution in [1.29, 1.82) is 0 Å². The first-order chi connectivity index (χ1) is 18.2. The largest absolute Gasteiger partial charge is 0.345 e. The molecule has 2 amide bonds. The van der Waals surface area contributed by atoms with Crippen molar-refractivity contribution in [2.45, 2.75) is 46.3 Å². The monoisotopic (exact) mass is 523 g/mol. The highest BCUT2D eigenvalue weighted by Crippen LogP contribution is 2.34. The predicted molar refractivity (Wildman–Crippen MR) is 140 cm³/mol. The number of hydrogen-bond donors (Lipinski definition) is 0. The van der Waals surface area contributed by atoms with Crippen molar-refractivity contribution in [1.82, 2.24) is 24.8 Å². The molecule has 200 valence electrons. The Morgan fingerprint density at radius 3 is 2.45 bits per heavy atom. The third-order valence-corrected chi connectivity index (χ3v) is 7.09. The number of amides is 2. The van der Waals surface area contributed by atoms with Crippen molar-refractivity contribution in [3.8, 4) is 0 Å². The summed E-state index contributed by atoms with van der Waals surface area (Å²) >= 11 is 0. The van der Waals surface area contributed by atoms with E-state index in [1.165, 1.54) is 11.8 Å². The number of anilines is 2. The van der Waals surface area contributed by atoms with Gasteiger partial charge in [-0.15, -0.1) is 0 Å². The summed E-state index contributed by atoms with van der Waals surface area (Å²) in [6, 6.07) is 9.56. The van der Waals surface area contributed by atoms with Gasteiger partial charge in [0.1, 0.15) is 11.5 Å². The summed E-state index contributed by atoms with van der Waals surface area (Å²) in [5, 5.41) is 1.93. The molecule has 0 saturated carbocycles. The molecule has 0 bridgehead atoms. The lowest BCUT2D eigenvalue weighted by Gasteiger charge is -2.35. The van der Waals surface area contributed by atoms with Crippen LogP contribution in [0.25, 0.3) is 10.8 Å². The summed E-state index contributed by atoms with van der Waals surface area (Å²) < 4.78 is 27.8. The Balaban J connectivity index is 1.55. The Kier molecular flexibility index (Phi) is 7.09. The molecule has 2 aliphatic rings. The summed E-state index contributed by atoms with van der Waals surface area (Å²) in [5.74, 6) is 0.398. The van der Waals surface area contributed by atoms with Gasteiger partial charge in [-0.25, -0.2) is 13.8 Å². The number of alkyl halides is 2. The van der Waals surface area contributed by atoms with Gasteiger partial charge in [-0.3, -0.25) is 14.6 Å². The van der Waals surface area contributed by atoms with Gasteiger partial charge in [0, 0.05) is 56.3 Å². The number of pyridine rings is 1. The van der Waals surface area contributed by atoms with Gasteiger partial charge in [-0.2, -0.15) is 4.98 Å². The third-order valence-electron chi connectivity index (χ3n) is 7.09. The number of hydrogen-bond acceptors (Lipinski definition) is 7. The maximum absolute atomic E-state index is 13.9. The molecule has 0 atom stereocenters.